The largest absolute Gasteiger partial charge is 0.494 e. The van der Waals surface area contributed by atoms with Gasteiger partial charge in [0, 0.05) is 6.42 Å². The van der Waals surface area contributed by atoms with E-state index >= 15 is 0 Å². The van der Waals surface area contributed by atoms with Crippen LogP contribution in [0.4, 0.5) is 0 Å². The molecule has 1 aromatic rings. The van der Waals surface area contributed by atoms with Crippen molar-refractivity contribution in [2.24, 2.45) is 0 Å². The van der Waals surface area contributed by atoms with E-state index in [2.05, 4.69) is 6.92 Å². The number of carbonyl (C=O) groups is 1. The molecule has 2 unspecified atom stereocenters. The van der Waals surface area contributed by atoms with Crippen molar-refractivity contribution < 1.29 is 28.2 Å². The van der Waals surface area contributed by atoms with Gasteiger partial charge in [-0.3, -0.25) is 4.79 Å². The lowest BCUT2D eigenvalue weighted by Gasteiger charge is -2.18. The molecule has 7 nitrogen and oxygen atoms in total. The SMILES string of the molecule is CCCCCCCCCCCCOc1ccc(CC(COP(O)OCCCN(C)C)OC=O)cc1. The van der Waals surface area contributed by atoms with Gasteiger partial charge in [0.1, 0.15) is 11.9 Å². The first kappa shape index (κ1) is 31.8. The van der Waals surface area contributed by atoms with E-state index in [1.807, 2.05) is 43.3 Å². The Morgan fingerprint density at radius 3 is 2.11 bits per heavy atom. The first-order valence-corrected chi connectivity index (χ1v) is 14.4. The Hall–Kier alpha value is -1.24. The van der Waals surface area contributed by atoms with Crippen LogP contribution in [0.5, 0.6) is 5.75 Å². The molecule has 0 amide bonds. The van der Waals surface area contributed by atoms with Crippen molar-refractivity contribution in [3.8, 4) is 5.75 Å². The molecule has 0 aromatic heterocycles. The van der Waals surface area contributed by atoms with Crippen LogP contribution in [0.1, 0.15) is 83.1 Å². The maximum Gasteiger partial charge on any atom is 0.329 e. The molecule has 0 spiro atoms. The van der Waals surface area contributed by atoms with Gasteiger partial charge in [0.2, 0.25) is 0 Å². The molecular weight excluding hydrogens is 465 g/mol. The number of ether oxygens (including phenoxy) is 2. The molecule has 1 rings (SSSR count). The molecule has 0 heterocycles. The van der Waals surface area contributed by atoms with Gasteiger partial charge in [0.15, 0.2) is 0 Å². The van der Waals surface area contributed by atoms with Gasteiger partial charge < -0.3 is 28.3 Å². The third-order valence-corrected chi connectivity index (χ3v) is 6.50. The molecule has 35 heavy (non-hydrogen) atoms. The Morgan fingerprint density at radius 2 is 1.51 bits per heavy atom. The van der Waals surface area contributed by atoms with E-state index in [1.54, 1.807) is 0 Å². The molecule has 0 aliphatic rings. The first-order chi connectivity index (χ1) is 17.0. The summed E-state index contributed by atoms with van der Waals surface area (Å²) in [6.45, 7) is 4.77. The molecule has 0 fully saturated rings. The maximum atomic E-state index is 10.9. The fraction of sp³-hybridized carbons (Fsp3) is 0.741. The molecule has 1 aromatic carbocycles. The fourth-order valence-electron chi connectivity index (χ4n) is 3.70. The minimum absolute atomic E-state index is 0.0750. The van der Waals surface area contributed by atoms with Gasteiger partial charge in [-0.05, 0) is 51.2 Å². The van der Waals surface area contributed by atoms with Gasteiger partial charge in [0.05, 0.1) is 19.8 Å². The van der Waals surface area contributed by atoms with Crippen molar-refractivity contribution in [3.63, 3.8) is 0 Å². The van der Waals surface area contributed by atoms with Crippen molar-refractivity contribution in [1.82, 2.24) is 4.90 Å². The predicted molar refractivity (Wildman–Crippen MR) is 143 cm³/mol. The van der Waals surface area contributed by atoms with Crippen LogP contribution in [-0.4, -0.2) is 62.8 Å². The van der Waals surface area contributed by atoms with E-state index in [-0.39, 0.29) is 6.61 Å². The zero-order valence-electron chi connectivity index (χ0n) is 22.2. The summed E-state index contributed by atoms with van der Waals surface area (Å²) >= 11 is 0. The Morgan fingerprint density at radius 1 is 0.886 bits per heavy atom. The minimum atomic E-state index is -1.99. The van der Waals surface area contributed by atoms with Crippen LogP contribution in [0.25, 0.3) is 0 Å². The van der Waals surface area contributed by atoms with Crippen LogP contribution in [-0.2, 0) is 25.0 Å². The second-order valence-corrected chi connectivity index (χ2v) is 10.2. The number of nitrogens with zero attached hydrogens (tertiary/aromatic N) is 1. The summed E-state index contributed by atoms with van der Waals surface area (Å²) < 4.78 is 21.6. The Kier molecular flexibility index (Phi) is 20.0. The zero-order chi connectivity index (χ0) is 25.6. The summed E-state index contributed by atoms with van der Waals surface area (Å²) in [7, 11) is 1.98. The molecule has 0 aliphatic heterocycles. The lowest BCUT2D eigenvalue weighted by atomic mass is 10.1. The van der Waals surface area contributed by atoms with Crippen LogP contribution < -0.4 is 4.74 Å². The van der Waals surface area contributed by atoms with Crippen molar-refractivity contribution in [1.29, 1.82) is 0 Å². The number of hydrogen-bond donors (Lipinski definition) is 1. The molecule has 202 valence electrons. The molecule has 0 aliphatic carbocycles. The Labute approximate surface area is 214 Å². The van der Waals surface area contributed by atoms with E-state index in [4.69, 9.17) is 18.5 Å². The lowest BCUT2D eigenvalue weighted by Crippen LogP contribution is -2.21. The number of rotatable bonds is 24. The average molecular weight is 514 g/mol. The summed E-state index contributed by atoms with van der Waals surface area (Å²) in [6.07, 6.45) is 13.9. The van der Waals surface area contributed by atoms with Gasteiger partial charge in [0.25, 0.3) is 6.47 Å². The maximum absolute atomic E-state index is 10.9. The molecule has 0 saturated heterocycles. The second kappa shape index (κ2) is 22.0. The summed E-state index contributed by atoms with van der Waals surface area (Å²) in [6, 6.07) is 7.82. The minimum Gasteiger partial charge on any atom is -0.494 e. The molecule has 0 radical (unpaired) electrons. The van der Waals surface area contributed by atoms with Gasteiger partial charge in [-0.15, -0.1) is 0 Å². The third kappa shape index (κ3) is 18.7. The fourth-order valence-corrected chi connectivity index (χ4v) is 4.35. The number of benzene rings is 1. The first-order valence-electron chi connectivity index (χ1n) is 13.3. The zero-order valence-corrected chi connectivity index (χ0v) is 23.1. The van der Waals surface area contributed by atoms with E-state index in [9.17, 15) is 9.69 Å². The molecule has 2 atom stereocenters. The number of hydrogen-bond acceptors (Lipinski definition) is 7. The Balaban J connectivity index is 2.19. The van der Waals surface area contributed by atoms with Crippen LogP contribution in [0.3, 0.4) is 0 Å². The van der Waals surface area contributed by atoms with Crippen LogP contribution in [0.15, 0.2) is 24.3 Å². The van der Waals surface area contributed by atoms with E-state index < -0.39 is 14.7 Å². The molecule has 0 saturated carbocycles. The van der Waals surface area contributed by atoms with Gasteiger partial charge in [-0.1, -0.05) is 76.8 Å². The smallest absolute Gasteiger partial charge is 0.329 e. The van der Waals surface area contributed by atoms with Gasteiger partial charge in [-0.2, -0.15) is 0 Å². The second-order valence-electron chi connectivity index (χ2n) is 9.26. The quantitative estimate of drug-likeness (QED) is 0.0991. The summed E-state index contributed by atoms with van der Waals surface area (Å²) in [5.74, 6) is 0.846. The van der Waals surface area contributed by atoms with Crippen molar-refractivity contribution >= 4 is 15.1 Å². The summed E-state index contributed by atoms with van der Waals surface area (Å²) in [5, 5.41) is 0. The summed E-state index contributed by atoms with van der Waals surface area (Å²) in [5.41, 5.74) is 1.00. The van der Waals surface area contributed by atoms with Crippen LogP contribution in [0, 0.1) is 0 Å². The highest BCUT2D eigenvalue weighted by Crippen LogP contribution is 2.33. The standard InChI is InChI=1S/C27H48NO6P/c1-4-5-6-7-8-9-10-11-12-13-20-31-26-17-15-25(16-18-26)22-27(32-24-29)23-34-35(30)33-21-14-19-28(2)3/h15-18,24,27,30H,4-14,19-23H2,1-3H3. The topological polar surface area (TPSA) is 77.5 Å². The third-order valence-electron chi connectivity index (χ3n) is 5.72. The monoisotopic (exact) mass is 513 g/mol. The lowest BCUT2D eigenvalue weighted by molar-refractivity contribution is -0.135. The Bertz CT molecular complexity index is 616. The van der Waals surface area contributed by atoms with Crippen LogP contribution in [0.2, 0.25) is 0 Å². The average Bonchev–Trinajstić information content (AvgIpc) is 2.84. The normalized spacial score (nSPS) is 13.1. The van der Waals surface area contributed by atoms with Crippen molar-refractivity contribution in [2.75, 3.05) is 40.5 Å². The summed E-state index contributed by atoms with van der Waals surface area (Å²) in [4.78, 5) is 22.8. The van der Waals surface area contributed by atoms with E-state index in [0.29, 0.717) is 19.5 Å². The van der Waals surface area contributed by atoms with Crippen molar-refractivity contribution in [3.05, 3.63) is 29.8 Å². The van der Waals surface area contributed by atoms with Gasteiger partial charge in [-0.25, -0.2) is 0 Å². The number of unbranched alkanes of at least 4 members (excludes halogenated alkanes) is 9. The highest BCUT2D eigenvalue weighted by molar-refractivity contribution is 7.40. The molecule has 8 heteroatoms. The predicted octanol–water partition coefficient (Wildman–Crippen LogP) is 6.27. The van der Waals surface area contributed by atoms with Gasteiger partial charge >= 0.3 is 8.60 Å². The van der Waals surface area contributed by atoms with Crippen molar-refractivity contribution in [2.45, 2.75) is 90.1 Å². The highest BCUT2D eigenvalue weighted by Gasteiger charge is 2.15. The van der Waals surface area contributed by atoms with E-state index in [0.717, 1.165) is 37.3 Å². The van der Waals surface area contributed by atoms with Crippen LogP contribution >= 0.6 is 8.60 Å². The molecular formula is C27H48NO6P. The highest BCUT2D eigenvalue weighted by atomic mass is 31.2. The molecule has 1 N–H and O–H groups in total. The van der Waals surface area contributed by atoms with E-state index in [1.165, 1.54) is 57.8 Å². The molecule has 0 bridgehead atoms. The number of carbonyl (C=O) groups excluding carboxylic acids is 1.